The maximum absolute atomic E-state index is 10.8. The first-order chi connectivity index (χ1) is 7.59. The Hall–Kier alpha value is -2.50. The van der Waals surface area contributed by atoms with E-state index in [1.807, 2.05) is 0 Å². The molecule has 0 aliphatic rings. The van der Waals surface area contributed by atoms with Crippen molar-refractivity contribution < 1.29 is 9.53 Å². The number of para-hydroxylation sites is 1. The Bertz CT molecular complexity index is 568. The van der Waals surface area contributed by atoms with Gasteiger partial charge in [0, 0.05) is 5.39 Å². The van der Waals surface area contributed by atoms with Gasteiger partial charge in [0.1, 0.15) is 5.69 Å². The van der Waals surface area contributed by atoms with E-state index in [1.165, 1.54) is 0 Å². The monoisotopic (exact) mass is 218 g/mol. The second-order valence-corrected chi connectivity index (χ2v) is 3.18. The topological polar surface area (TPSA) is 117 Å². The van der Waals surface area contributed by atoms with Gasteiger partial charge in [-0.2, -0.15) is 0 Å². The van der Waals surface area contributed by atoms with Gasteiger partial charge in [-0.15, -0.1) is 0 Å². The zero-order chi connectivity index (χ0) is 11.7. The molecule has 0 saturated heterocycles. The molecule has 6 nitrogen and oxygen atoms in total. The number of benzene rings is 1. The molecule has 0 spiro atoms. The van der Waals surface area contributed by atoms with Crippen LogP contribution in [0.4, 0.5) is 16.3 Å². The first-order valence-electron chi connectivity index (χ1n) is 4.50. The third-order valence-electron chi connectivity index (χ3n) is 2.11. The molecule has 0 radical (unpaired) electrons. The van der Waals surface area contributed by atoms with Crippen molar-refractivity contribution >= 4 is 28.5 Å². The van der Waals surface area contributed by atoms with E-state index in [4.69, 9.17) is 21.9 Å². The summed E-state index contributed by atoms with van der Waals surface area (Å²) in [6.07, 6.45) is -0.942. The normalized spacial score (nSPS) is 10.2. The smallest absolute Gasteiger partial charge is 0.407 e. The van der Waals surface area contributed by atoms with Gasteiger partial charge >= 0.3 is 6.09 Å². The van der Waals surface area contributed by atoms with Crippen molar-refractivity contribution in [3.63, 3.8) is 0 Å². The van der Waals surface area contributed by atoms with Crippen LogP contribution in [-0.2, 0) is 0 Å². The summed E-state index contributed by atoms with van der Waals surface area (Å²) in [5.74, 6) is 0.255. The third-order valence-corrected chi connectivity index (χ3v) is 2.11. The van der Waals surface area contributed by atoms with E-state index in [9.17, 15) is 4.79 Å². The molecule has 6 heteroatoms. The van der Waals surface area contributed by atoms with E-state index in [2.05, 4.69) is 4.98 Å². The fraction of sp³-hybridized carbons (Fsp3) is 0. The Labute approximate surface area is 91.0 Å². The maximum atomic E-state index is 10.8. The summed E-state index contributed by atoms with van der Waals surface area (Å²) in [4.78, 5) is 14.8. The minimum absolute atomic E-state index is 0.106. The lowest BCUT2D eigenvalue weighted by atomic mass is 10.2. The Kier molecular flexibility index (Phi) is 2.24. The average molecular weight is 218 g/mol. The van der Waals surface area contributed by atoms with E-state index in [0.29, 0.717) is 10.9 Å². The molecule has 1 aromatic heterocycles. The predicted molar refractivity (Wildman–Crippen MR) is 60.8 cm³/mol. The number of amides is 1. The highest BCUT2D eigenvalue weighted by atomic mass is 16.5. The zero-order valence-electron chi connectivity index (χ0n) is 8.31. The molecule has 2 rings (SSSR count). The highest BCUT2D eigenvalue weighted by Gasteiger charge is 2.13. The number of aromatic nitrogens is 1. The largest absolute Gasteiger partial charge is 0.410 e. The fourth-order valence-corrected chi connectivity index (χ4v) is 1.43. The molecule has 1 aromatic carbocycles. The predicted octanol–water partition coefficient (Wildman–Crippen LogP) is 0.857. The summed E-state index contributed by atoms with van der Waals surface area (Å²) in [5.41, 5.74) is 16.9. The molecule has 6 N–H and O–H groups in total. The number of pyridine rings is 1. The van der Waals surface area contributed by atoms with Crippen LogP contribution in [0.25, 0.3) is 10.9 Å². The van der Waals surface area contributed by atoms with Gasteiger partial charge in [-0.3, -0.25) is 0 Å². The quantitative estimate of drug-likeness (QED) is 0.656. The number of primary amides is 1. The molecule has 1 heterocycles. The van der Waals surface area contributed by atoms with Crippen LogP contribution in [0.15, 0.2) is 24.3 Å². The standard InChI is InChI=1S/C10H10N4O2/c11-7-8(16-10(13)15)5-3-1-2-4-6(5)14-9(7)12/h1-4H,11H2,(H2,12,14)(H2,13,15). The first kappa shape index (κ1) is 10.0. The van der Waals surface area contributed by atoms with Crippen molar-refractivity contribution in [3.8, 4) is 5.75 Å². The van der Waals surface area contributed by atoms with Crippen molar-refractivity contribution in [2.45, 2.75) is 0 Å². The van der Waals surface area contributed by atoms with Gasteiger partial charge in [0.15, 0.2) is 11.6 Å². The van der Waals surface area contributed by atoms with Crippen LogP contribution in [0.3, 0.4) is 0 Å². The van der Waals surface area contributed by atoms with E-state index < -0.39 is 6.09 Å². The Morgan fingerprint density at radius 1 is 1.25 bits per heavy atom. The van der Waals surface area contributed by atoms with Gasteiger partial charge in [-0.05, 0) is 12.1 Å². The summed E-state index contributed by atoms with van der Waals surface area (Å²) >= 11 is 0. The van der Waals surface area contributed by atoms with Crippen LogP contribution in [0.2, 0.25) is 0 Å². The number of carbonyl (C=O) groups is 1. The van der Waals surface area contributed by atoms with E-state index in [-0.39, 0.29) is 17.3 Å². The molecule has 82 valence electrons. The SMILES string of the molecule is NC(=O)Oc1c(N)c(N)nc2ccccc12. The Balaban J connectivity index is 2.76. The van der Waals surface area contributed by atoms with E-state index in [1.54, 1.807) is 24.3 Å². The van der Waals surface area contributed by atoms with Crippen molar-refractivity contribution in [2.24, 2.45) is 5.73 Å². The number of nitrogens with zero attached hydrogens (tertiary/aromatic N) is 1. The van der Waals surface area contributed by atoms with Crippen molar-refractivity contribution in [1.82, 2.24) is 4.98 Å². The second kappa shape index (κ2) is 3.58. The summed E-state index contributed by atoms with van der Waals surface area (Å²) < 4.78 is 4.83. The number of hydrogen-bond acceptors (Lipinski definition) is 5. The Morgan fingerprint density at radius 2 is 1.94 bits per heavy atom. The van der Waals surface area contributed by atoms with E-state index in [0.717, 1.165) is 0 Å². The molecule has 0 atom stereocenters. The van der Waals surface area contributed by atoms with Crippen molar-refractivity contribution in [1.29, 1.82) is 0 Å². The highest BCUT2D eigenvalue weighted by Crippen LogP contribution is 2.34. The lowest BCUT2D eigenvalue weighted by molar-refractivity contribution is 0.211. The summed E-state index contributed by atoms with van der Waals surface area (Å²) in [5, 5.41) is 0.591. The summed E-state index contributed by atoms with van der Waals surface area (Å²) in [6, 6.07) is 7.02. The number of carbonyl (C=O) groups excluding carboxylic acids is 1. The zero-order valence-corrected chi connectivity index (χ0v) is 8.31. The van der Waals surface area contributed by atoms with Gasteiger partial charge < -0.3 is 21.9 Å². The molecule has 0 unspecified atom stereocenters. The number of ether oxygens (including phenoxy) is 1. The average Bonchev–Trinajstić information content (AvgIpc) is 2.24. The van der Waals surface area contributed by atoms with Gasteiger partial charge in [0.2, 0.25) is 0 Å². The van der Waals surface area contributed by atoms with Crippen LogP contribution in [0.5, 0.6) is 5.75 Å². The van der Waals surface area contributed by atoms with E-state index >= 15 is 0 Å². The minimum atomic E-state index is -0.942. The molecular weight excluding hydrogens is 208 g/mol. The van der Waals surface area contributed by atoms with Crippen molar-refractivity contribution in [3.05, 3.63) is 24.3 Å². The van der Waals surface area contributed by atoms with Crippen LogP contribution in [0.1, 0.15) is 0 Å². The van der Waals surface area contributed by atoms with Gasteiger partial charge in [0.05, 0.1) is 5.52 Å². The number of rotatable bonds is 1. The fourth-order valence-electron chi connectivity index (χ4n) is 1.43. The first-order valence-corrected chi connectivity index (χ1v) is 4.50. The van der Waals surface area contributed by atoms with Gasteiger partial charge in [0.25, 0.3) is 0 Å². The molecule has 2 aromatic rings. The number of anilines is 2. The summed E-state index contributed by atoms with van der Waals surface area (Å²) in [6.45, 7) is 0. The van der Waals surface area contributed by atoms with Gasteiger partial charge in [-0.25, -0.2) is 9.78 Å². The molecule has 16 heavy (non-hydrogen) atoms. The lowest BCUT2D eigenvalue weighted by Gasteiger charge is -2.10. The molecule has 0 aliphatic heterocycles. The van der Waals surface area contributed by atoms with Crippen LogP contribution < -0.4 is 21.9 Å². The number of nitrogen functional groups attached to an aromatic ring is 2. The van der Waals surface area contributed by atoms with Gasteiger partial charge in [-0.1, -0.05) is 12.1 Å². The Morgan fingerprint density at radius 3 is 2.62 bits per heavy atom. The summed E-state index contributed by atoms with van der Waals surface area (Å²) in [7, 11) is 0. The molecule has 0 bridgehead atoms. The minimum Gasteiger partial charge on any atom is -0.407 e. The number of nitrogens with two attached hydrogens (primary N) is 3. The number of hydrogen-bond donors (Lipinski definition) is 3. The molecular formula is C10H10N4O2. The molecule has 0 fully saturated rings. The molecule has 1 amide bonds. The van der Waals surface area contributed by atoms with Crippen molar-refractivity contribution in [2.75, 3.05) is 11.5 Å². The lowest BCUT2D eigenvalue weighted by Crippen LogP contribution is -2.18. The second-order valence-electron chi connectivity index (χ2n) is 3.18. The highest BCUT2D eigenvalue weighted by molar-refractivity contribution is 5.95. The molecule has 0 aliphatic carbocycles. The molecule has 0 saturated carbocycles. The van der Waals surface area contributed by atoms with Crippen LogP contribution >= 0.6 is 0 Å². The van der Waals surface area contributed by atoms with Crippen LogP contribution in [-0.4, -0.2) is 11.1 Å². The maximum Gasteiger partial charge on any atom is 0.410 e. The number of fused-ring (bicyclic) bond motifs is 1. The third kappa shape index (κ3) is 1.56. The van der Waals surface area contributed by atoms with Crippen LogP contribution in [0, 0.1) is 0 Å².